The number of hydrogen-bond donors (Lipinski definition) is 2. The van der Waals surface area contributed by atoms with E-state index in [1.165, 1.54) is 18.3 Å². The van der Waals surface area contributed by atoms with Crippen LogP contribution >= 0.6 is 12.4 Å². The fourth-order valence-corrected chi connectivity index (χ4v) is 2.60. The summed E-state index contributed by atoms with van der Waals surface area (Å²) >= 11 is 0. The molecule has 0 unspecified atom stereocenters. The maximum Gasteiger partial charge on any atom is 0.416 e. The van der Waals surface area contributed by atoms with Crippen molar-refractivity contribution in [2.45, 2.75) is 25.1 Å². The van der Waals surface area contributed by atoms with Crippen molar-refractivity contribution in [3.05, 3.63) is 41.7 Å². The number of anilines is 1. The highest BCUT2D eigenvalue weighted by Gasteiger charge is 2.30. The van der Waals surface area contributed by atoms with Gasteiger partial charge in [0, 0.05) is 5.69 Å². The molecule has 2 aromatic rings. The highest BCUT2D eigenvalue weighted by Crippen LogP contribution is 2.30. The highest BCUT2D eigenvalue weighted by atomic mass is 35.5. The number of carbonyl (C=O) groups excluding carboxylic acids is 1. The minimum absolute atomic E-state index is 0. The first-order chi connectivity index (χ1) is 11.4. The van der Waals surface area contributed by atoms with Crippen LogP contribution in [0.1, 0.15) is 34.9 Å². The van der Waals surface area contributed by atoms with Crippen LogP contribution in [-0.4, -0.2) is 34.0 Å². The molecule has 0 bridgehead atoms. The number of aromatic nitrogens is 3. The fourth-order valence-electron chi connectivity index (χ4n) is 2.60. The minimum Gasteiger partial charge on any atom is -0.321 e. The van der Waals surface area contributed by atoms with Gasteiger partial charge >= 0.3 is 6.18 Å². The van der Waals surface area contributed by atoms with Crippen LogP contribution in [0, 0.1) is 0 Å². The van der Waals surface area contributed by atoms with Crippen molar-refractivity contribution in [1.82, 2.24) is 20.3 Å². The predicted molar refractivity (Wildman–Crippen MR) is 87.8 cm³/mol. The van der Waals surface area contributed by atoms with Gasteiger partial charge in [0.25, 0.3) is 5.91 Å². The Balaban J connectivity index is 0.00000225. The van der Waals surface area contributed by atoms with Gasteiger partial charge < -0.3 is 10.6 Å². The highest BCUT2D eigenvalue weighted by molar-refractivity contribution is 6.02. The first-order valence-electron chi connectivity index (χ1n) is 7.54. The van der Waals surface area contributed by atoms with Crippen LogP contribution in [0.4, 0.5) is 18.9 Å². The van der Waals surface area contributed by atoms with E-state index in [1.807, 2.05) is 0 Å². The van der Waals surface area contributed by atoms with Gasteiger partial charge in [-0.2, -0.15) is 13.2 Å². The van der Waals surface area contributed by atoms with E-state index in [9.17, 15) is 18.0 Å². The molecule has 1 aromatic heterocycles. The van der Waals surface area contributed by atoms with Crippen LogP contribution in [0.25, 0.3) is 0 Å². The van der Waals surface area contributed by atoms with E-state index in [0.29, 0.717) is 0 Å². The van der Waals surface area contributed by atoms with Crippen molar-refractivity contribution in [3.8, 4) is 0 Å². The summed E-state index contributed by atoms with van der Waals surface area (Å²) in [6, 6.07) is 4.64. The molecule has 0 spiro atoms. The van der Waals surface area contributed by atoms with Gasteiger partial charge in [-0.05, 0) is 44.1 Å². The van der Waals surface area contributed by atoms with E-state index in [1.54, 1.807) is 4.68 Å². The fraction of sp³-hybridized carbons (Fsp3) is 0.400. The Morgan fingerprint density at radius 1 is 1.28 bits per heavy atom. The predicted octanol–water partition coefficient (Wildman–Crippen LogP) is 2.90. The Labute approximate surface area is 148 Å². The first-order valence-corrected chi connectivity index (χ1v) is 7.54. The monoisotopic (exact) mass is 375 g/mol. The molecule has 1 aliphatic rings. The number of hydrogen-bond acceptors (Lipinski definition) is 4. The maximum atomic E-state index is 12.7. The van der Waals surface area contributed by atoms with Crippen LogP contribution in [0.3, 0.4) is 0 Å². The van der Waals surface area contributed by atoms with Crippen molar-refractivity contribution in [2.75, 3.05) is 18.4 Å². The lowest BCUT2D eigenvalue weighted by atomic mass is 10.1. The van der Waals surface area contributed by atoms with Gasteiger partial charge in [-0.3, -0.25) is 4.79 Å². The molecule has 2 N–H and O–H groups in total. The molecule has 1 amide bonds. The molecule has 1 saturated heterocycles. The summed E-state index contributed by atoms with van der Waals surface area (Å²) in [6.07, 6.45) is -1.16. The Bertz CT molecular complexity index is 728. The van der Waals surface area contributed by atoms with E-state index in [2.05, 4.69) is 20.9 Å². The van der Waals surface area contributed by atoms with Crippen LogP contribution in [0.15, 0.2) is 30.5 Å². The number of piperidine rings is 1. The molecule has 1 aromatic carbocycles. The normalized spacial score (nSPS) is 15.5. The molecule has 0 aliphatic carbocycles. The molecule has 6 nitrogen and oxygen atoms in total. The molecule has 136 valence electrons. The number of halogens is 4. The largest absolute Gasteiger partial charge is 0.416 e. The third-order valence-electron chi connectivity index (χ3n) is 3.87. The summed E-state index contributed by atoms with van der Waals surface area (Å²) in [5.74, 6) is -0.588. The topological polar surface area (TPSA) is 71.8 Å². The van der Waals surface area contributed by atoms with Gasteiger partial charge in [0.05, 0.1) is 17.8 Å². The second-order valence-electron chi connectivity index (χ2n) is 5.60. The van der Waals surface area contributed by atoms with Gasteiger partial charge in [0.15, 0.2) is 5.69 Å². The zero-order valence-electron chi connectivity index (χ0n) is 13.1. The minimum atomic E-state index is -4.46. The van der Waals surface area contributed by atoms with Crippen molar-refractivity contribution >= 4 is 24.0 Å². The SMILES string of the molecule is Cl.O=C(Nc1cccc(C(F)(F)F)c1)c1cn(C2CCNCC2)nn1. The smallest absolute Gasteiger partial charge is 0.321 e. The first kappa shape index (κ1) is 19.2. The third-order valence-corrected chi connectivity index (χ3v) is 3.87. The van der Waals surface area contributed by atoms with Crippen LogP contribution in [0.5, 0.6) is 0 Å². The summed E-state index contributed by atoms with van der Waals surface area (Å²) in [4.78, 5) is 12.2. The molecule has 0 atom stereocenters. The Kier molecular flexibility index (Phi) is 6.02. The summed E-state index contributed by atoms with van der Waals surface area (Å²) < 4.78 is 39.7. The zero-order valence-corrected chi connectivity index (χ0v) is 13.9. The van der Waals surface area contributed by atoms with Gasteiger partial charge in [-0.15, -0.1) is 17.5 Å². The van der Waals surface area contributed by atoms with Gasteiger partial charge in [-0.1, -0.05) is 11.3 Å². The summed E-state index contributed by atoms with van der Waals surface area (Å²) in [5, 5.41) is 13.4. The molecule has 25 heavy (non-hydrogen) atoms. The summed E-state index contributed by atoms with van der Waals surface area (Å²) in [5.41, 5.74) is -0.684. The van der Waals surface area contributed by atoms with E-state index in [4.69, 9.17) is 0 Å². The summed E-state index contributed by atoms with van der Waals surface area (Å²) in [7, 11) is 0. The second kappa shape index (κ2) is 7.83. The Hall–Kier alpha value is -2.13. The molecule has 1 fully saturated rings. The van der Waals surface area contributed by atoms with Crippen molar-refractivity contribution in [3.63, 3.8) is 0 Å². The van der Waals surface area contributed by atoms with Crippen molar-refractivity contribution in [2.24, 2.45) is 0 Å². The molecule has 0 saturated carbocycles. The van der Waals surface area contributed by atoms with Crippen molar-refractivity contribution < 1.29 is 18.0 Å². The number of nitrogens with zero attached hydrogens (tertiary/aromatic N) is 3. The van der Waals surface area contributed by atoms with E-state index in [0.717, 1.165) is 38.1 Å². The van der Waals surface area contributed by atoms with Gasteiger partial charge in [0.1, 0.15) is 0 Å². The molecule has 2 heterocycles. The number of alkyl halides is 3. The van der Waals surface area contributed by atoms with Crippen LogP contribution < -0.4 is 10.6 Å². The summed E-state index contributed by atoms with van der Waals surface area (Å²) in [6.45, 7) is 1.74. The molecule has 10 heteroatoms. The van der Waals surface area contributed by atoms with Gasteiger partial charge in [0.2, 0.25) is 0 Å². The molecular weight excluding hydrogens is 359 g/mol. The van der Waals surface area contributed by atoms with E-state index in [-0.39, 0.29) is 29.8 Å². The Morgan fingerprint density at radius 2 is 2.00 bits per heavy atom. The average molecular weight is 376 g/mol. The number of carbonyl (C=O) groups is 1. The van der Waals surface area contributed by atoms with E-state index < -0.39 is 17.6 Å². The molecule has 0 radical (unpaired) electrons. The lowest BCUT2D eigenvalue weighted by molar-refractivity contribution is -0.137. The number of benzene rings is 1. The lowest BCUT2D eigenvalue weighted by Crippen LogP contribution is -2.29. The number of rotatable bonds is 3. The number of nitrogens with one attached hydrogen (secondary N) is 2. The second-order valence-corrected chi connectivity index (χ2v) is 5.60. The van der Waals surface area contributed by atoms with Crippen LogP contribution in [-0.2, 0) is 6.18 Å². The molecular formula is C15H17ClF3N5O. The van der Waals surface area contributed by atoms with E-state index >= 15 is 0 Å². The molecule has 3 rings (SSSR count). The quantitative estimate of drug-likeness (QED) is 0.865. The van der Waals surface area contributed by atoms with Gasteiger partial charge in [-0.25, -0.2) is 4.68 Å². The average Bonchev–Trinajstić information content (AvgIpc) is 3.05. The number of amides is 1. The Morgan fingerprint density at radius 3 is 2.68 bits per heavy atom. The molecule has 1 aliphatic heterocycles. The van der Waals surface area contributed by atoms with Crippen LogP contribution in [0.2, 0.25) is 0 Å². The third kappa shape index (κ3) is 4.70. The maximum absolute atomic E-state index is 12.7. The lowest BCUT2D eigenvalue weighted by Gasteiger charge is -2.22. The van der Waals surface area contributed by atoms with Crippen molar-refractivity contribution in [1.29, 1.82) is 0 Å². The zero-order chi connectivity index (χ0) is 17.2. The standard InChI is InChI=1S/C15H16F3N5O.ClH/c16-15(17,18)10-2-1-3-11(8-10)20-14(24)13-9-23(22-21-13)12-4-6-19-7-5-12;/h1-3,8-9,12,19H,4-7H2,(H,20,24);1H.